The number of aromatic amines is 2. The summed E-state index contributed by atoms with van der Waals surface area (Å²) in [5, 5.41) is 4.48. The van der Waals surface area contributed by atoms with E-state index in [2.05, 4.69) is 62.5 Å². The van der Waals surface area contributed by atoms with Crippen molar-refractivity contribution >= 4 is 50.9 Å². The lowest BCUT2D eigenvalue weighted by Gasteiger charge is -2.26. The average molecular weight is 746 g/mol. The number of ether oxygens (including phenoxy) is 3. The van der Waals surface area contributed by atoms with E-state index in [0.717, 1.165) is 79.2 Å². The van der Waals surface area contributed by atoms with Crippen molar-refractivity contribution in [3.05, 3.63) is 77.9 Å². The first-order valence-corrected chi connectivity index (χ1v) is 18.7. The predicted molar refractivity (Wildman–Crippen MR) is 212 cm³/mol. The summed E-state index contributed by atoms with van der Waals surface area (Å²) in [5.74, 6) is 1.95. The van der Waals surface area contributed by atoms with Gasteiger partial charge in [0.25, 0.3) is 0 Å². The molecule has 1 aliphatic heterocycles. The topological polar surface area (TPSA) is 155 Å². The standard InChI is InChI=1S/C42H47N7O6/c1-7-15-48(38(50)21-43-40(51)53-6)22-36-44-32-13-10-26(19-34(32)46-36)25-9-12-29-28(17-25)24-54-35-20-30-27(18-31(29)35)11-14-33-39(30)47-37(45-33)23-49(16-8-2)41(52)55-42(3,4)5/h9-14,17-20H,7-8,15-16,21-24H2,1-6H3,(H,43,51)(H,44,46)(H,45,47). The van der Waals surface area contributed by atoms with Gasteiger partial charge >= 0.3 is 12.2 Å². The summed E-state index contributed by atoms with van der Waals surface area (Å²) >= 11 is 0. The fraction of sp³-hybridized carbons (Fsp3) is 0.357. The zero-order valence-corrected chi connectivity index (χ0v) is 32.2. The molecule has 0 unspecified atom stereocenters. The van der Waals surface area contributed by atoms with E-state index in [0.29, 0.717) is 44.4 Å². The Bertz CT molecular complexity index is 2410. The van der Waals surface area contributed by atoms with Crippen molar-refractivity contribution < 1.29 is 28.6 Å². The smallest absolute Gasteiger partial charge is 0.410 e. The van der Waals surface area contributed by atoms with Crippen LogP contribution in [0.25, 0.3) is 55.1 Å². The maximum absolute atomic E-state index is 12.9. The van der Waals surface area contributed by atoms with Crippen LogP contribution < -0.4 is 10.1 Å². The van der Waals surface area contributed by atoms with E-state index in [1.54, 1.807) is 9.80 Å². The van der Waals surface area contributed by atoms with Crippen LogP contribution in [-0.4, -0.2) is 80.2 Å². The number of hydrogen-bond donors (Lipinski definition) is 3. The number of fused-ring (bicyclic) bond motifs is 7. The molecule has 0 atom stereocenters. The van der Waals surface area contributed by atoms with Gasteiger partial charge in [0.2, 0.25) is 5.91 Å². The molecule has 3 N–H and O–H groups in total. The highest BCUT2D eigenvalue weighted by Crippen LogP contribution is 2.42. The Morgan fingerprint density at radius 2 is 1.55 bits per heavy atom. The molecule has 4 aromatic carbocycles. The van der Waals surface area contributed by atoms with E-state index in [-0.39, 0.29) is 18.5 Å². The third kappa shape index (κ3) is 8.06. The summed E-state index contributed by atoms with van der Waals surface area (Å²) in [6.45, 7) is 11.6. The normalized spacial score (nSPS) is 12.3. The van der Waals surface area contributed by atoms with Crippen LogP contribution in [-0.2, 0) is 34.0 Å². The first-order valence-electron chi connectivity index (χ1n) is 18.7. The largest absolute Gasteiger partial charge is 0.488 e. The van der Waals surface area contributed by atoms with E-state index in [9.17, 15) is 14.4 Å². The van der Waals surface area contributed by atoms with Crippen molar-refractivity contribution in [1.82, 2.24) is 35.1 Å². The number of benzene rings is 4. The minimum atomic E-state index is -0.647. The molecule has 0 aliphatic carbocycles. The second kappa shape index (κ2) is 15.3. The van der Waals surface area contributed by atoms with E-state index < -0.39 is 11.7 Å². The van der Waals surface area contributed by atoms with Crippen molar-refractivity contribution in [2.45, 2.75) is 72.8 Å². The van der Waals surface area contributed by atoms with Gasteiger partial charge in [0, 0.05) is 24.0 Å². The molecule has 3 amide bonds. The molecule has 6 aromatic rings. The van der Waals surface area contributed by atoms with Gasteiger partial charge in [0.1, 0.15) is 36.2 Å². The molecule has 0 spiro atoms. The highest BCUT2D eigenvalue weighted by molar-refractivity contribution is 6.07. The molecule has 0 radical (unpaired) electrons. The molecule has 2 aromatic heterocycles. The van der Waals surface area contributed by atoms with Gasteiger partial charge < -0.3 is 39.3 Å². The number of H-pyrrole nitrogens is 2. The van der Waals surface area contributed by atoms with Crippen molar-refractivity contribution in [2.75, 3.05) is 26.7 Å². The second-order valence-corrected chi connectivity index (χ2v) is 14.9. The lowest BCUT2D eigenvalue weighted by atomic mass is 9.91. The summed E-state index contributed by atoms with van der Waals surface area (Å²) in [5.41, 5.74) is 8.12. The molecule has 0 fully saturated rings. The number of carbonyl (C=O) groups is 3. The highest BCUT2D eigenvalue weighted by atomic mass is 16.6. The Morgan fingerprint density at radius 3 is 2.31 bits per heavy atom. The Morgan fingerprint density at radius 1 is 0.836 bits per heavy atom. The molecule has 0 saturated heterocycles. The van der Waals surface area contributed by atoms with E-state index in [4.69, 9.17) is 19.4 Å². The van der Waals surface area contributed by atoms with E-state index in [1.165, 1.54) is 7.11 Å². The van der Waals surface area contributed by atoms with Crippen LogP contribution in [0.1, 0.15) is 64.7 Å². The number of imidazole rings is 2. The monoisotopic (exact) mass is 745 g/mol. The molecule has 3 heterocycles. The first kappa shape index (κ1) is 37.2. The quantitative estimate of drug-likeness (QED) is 0.120. The number of alkyl carbamates (subject to hydrolysis) is 1. The number of methoxy groups -OCH3 is 1. The predicted octanol–water partition coefficient (Wildman–Crippen LogP) is 8.06. The number of amides is 3. The first-order chi connectivity index (χ1) is 26.4. The Kier molecular flexibility index (Phi) is 10.4. The van der Waals surface area contributed by atoms with Gasteiger partial charge in [-0.3, -0.25) is 4.79 Å². The number of carbonyl (C=O) groups excluding carboxylic acids is 3. The van der Waals surface area contributed by atoms with Crippen LogP contribution in [0.15, 0.2) is 60.7 Å². The SMILES string of the molecule is CCCN(Cc1nc2ccc(-c3ccc4c(c3)COc3cc5c(ccc6[nH]c(CN(CCC)C(=O)OC(C)(C)C)nc65)cc3-4)cc2[nH]1)C(=O)CNC(=O)OC. The van der Waals surface area contributed by atoms with Crippen molar-refractivity contribution in [1.29, 1.82) is 0 Å². The third-order valence-corrected chi connectivity index (χ3v) is 9.50. The van der Waals surface area contributed by atoms with Crippen molar-refractivity contribution in [3.8, 4) is 28.0 Å². The van der Waals surface area contributed by atoms with Crippen LogP contribution in [0.3, 0.4) is 0 Å². The lowest BCUT2D eigenvalue weighted by Crippen LogP contribution is -2.40. The minimum Gasteiger partial charge on any atom is -0.488 e. The van der Waals surface area contributed by atoms with Crippen LogP contribution in [0.4, 0.5) is 9.59 Å². The summed E-state index contributed by atoms with van der Waals surface area (Å²) < 4.78 is 16.6. The highest BCUT2D eigenvalue weighted by Gasteiger charge is 2.24. The van der Waals surface area contributed by atoms with Gasteiger partial charge in [-0.15, -0.1) is 0 Å². The van der Waals surface area contributed by atoms with Crippen LogP contribution in [0.5, 0.6) is 5.75 Å². The van der Waals surface area contributed by atoms with Crippen LogP contribution in [0, 0.1) is 0 Å². The van der Waals surface area contributed by atoms with Gasteiger partial charge in [0.05, 0.1) is 42.3 Å². The van der Waals surface area contributed by atoms with Gasteiger partial charge in [-0.2, -0.15) is 0 Å². The fourth-order valence-corrected chi connectivity index (χ4v) is 7.00. The van der Waals surface area contributed by atoms with E-state index >= 15 is 0 Å². The third-order valence-electron chi connectivity index (χ3n) is 9.50. The zero-order valence-electron chi connectivity index (χ0n) is 32.2. The maximum Gasteiger partial charge on any atom is 0.410 e. The van der Waals surface area contributed by atoms with Gasteiger partial charge in [0.15, 0.2) is 0 Å². The molecule has 0 bridgehead atoms. The molecule has 0 saturated carbocycles. The Hall–Kier alpha value is -6.11. The molecular weight excluding hydrogens is 699 g/mol. The molecule has 55 heavy (non-hydrogen) atoms. The zero-order chi connectivity index (χ0) is 38.9. The average Bonchev–Trinajstić information content (AvgIpc) is 3.77. The summed E-state index contributed by atoms with van der Waals surface area (Å²) in [7, 11) is 1.26. The summed E-state index contributed by atoms with van der Waals surface area (Å²) in [4.78, 5) is 57.1. The van der Waals surface area contributed by atoms with Gasteiger partial charge in [-0.1, -0.05) is 38.1 Å². The Balaban J connectivity index is 1.11. The van der Waals surface area contributed by atoms with Crippen molar-refractivity contribution in [3.63, 3.8) is 0 Å². The lowest BCUT2D eigenvalue weighted by molar-refractivity contribution is -0.130. The summed E-state index contributed by atoms with van der Waals surface area (Å²) in [6.07, 6.45) is 0.570. The summed E-state index contributed by atoms with van der Waals surface area (Å²) in [6, 6.07) is 20.9. The fourth-order valence-electron chi connectivity index (χ4n) is 7.00. The molecular formula is C42H47N7O6. The van der Waals surface area contributed by atoms with Crippen LogP contribution in [0.2, 0.25) is 0 Å². The number of hydrogen-bond acceptors (Lipinski definition) is 8. The molecule has 286 valence electrons. The van der Waals surface area contributed by atoms with Crippen LogP contribution >= 0.6 is 0 Å². The number of rotatable bonds is 11. The Labute approximate surface area is 319 Å². The molecule has 1 aliphatic rings. The molecule has 7 rings (SSSR count). The van der Waals surface area contributed by atoms with Gasteiger partial charge in [-0.25, -0.2) is 19.6 Å². The van der Waals surface area contributed by atoms with Crippen molar-refractivity contribution in [2.24, 2.45) is 0 Å². The van der Waals surface area contributed by atoms with Gasteiger partial charge in [-0.05, 0) is 97.7 Å². The number of aromatic nitrogens is 4. The number of nitrogens with zero attached hydrogens (tertiary/aromatic N) is 4. The second-order valence-electron chi connectivity index (χ2n) is 14.9. The van der Waals surface area contributed by atoms with E-state index in [1.807, 2.05) is 52.8 Å². The number of nitrogens with one attached hydrogen (secondary N) is 3. The minimum absolute atomic E-state index is 0.147. The molecule has 13 heteroatoms. The molecule has 13 nitrogen and oxygen atoms in total. The maximum atomic E-state index is 12.9.